The highest BCUT2D eigenvalue weighted by atomic mass is 15.1. The third-order valence-electron chi connectivity index (χ3n) is 1.76. The zero-order valence-electron chi connectivity index (χ0n) is 8.27. The number of rotatable bonds is 4. The van der Waals surface area contributed by atoms with E-state index in [1.165, 1.54) is 0 Å². The average molecular weight is 179 g/mol. The van der Waals surface area contributed by atoms with E-state index in [1.54, 1.807) is 0 Å². The summed E-state index contributed by atoms with van der Waals surface area (Å²) in [5, 5.41) is 0. The highest BCUT2D eigenvalue weighted by molar-refractivity contribution is 5.02. The van der Waals surface area contributed by atoms with E-state index in [-0.39, 0.29) is 6.04 Å². The van der Waals surface area contributed by atoms with E-state index in [9.17, 15) is 0 Å². The molecule has 0 aliphatic carbocycles. The van der Waals surface area contributed by atoms with Crippen molar-refractivity contribution in [1.29, 1.82) is 0 Å². The first kappa shape index (κ1) is 10.2. The molecular weight excluding hydrogens is 162 g/mol. The molecule has 1 heterocycles. The topological polar surface area (TPSA) is 42.1 Å². The molecule has 0 aliphatic heterocycles. The van der Waals surface area contributed by atoms with E-state index in [1.807, 2.05) is 31.3 Å². The summed E-state index contributed by atoms with van der Waals surface area (Å²) >= 11 is 0. The maximum absolute atomic E-state index is 5.68. The number of nitrogens with zero attached hydrogens (tertiary/aromatic N) is 2. The van der Waals surface area contributed by atoms with E-state index in [0.29, 0.717) is 0 Å². The van der Waals surface area contributed by atoms with E-state index < -0.39 is 0 Å². The minimum absolute atomic E-state index is 0.216. The summed E-state index contributed by atoms with van der Waals surface area (Å²) in [6.07, 6.45) is 1.81. The smallest absolute Gasteiger partial charge is 0.0543 e. The lowest BCUT2D eigenvalue weighted by molar-refractivity contribution is 0.306. The predicted molar refractivity (Wildman–Crippen MR) is 54.2 cm³/mol. The molecule has 3 nitrogen and oxygen atoms in total. The zero-order chi connectivity index (χ0) is 9.68. The zero-order valence-corrected chi connectivity index (χ0v) is 8.27. The number of likely N-dealkylation sites (N-methyl/N-ethyl adjacent to an activating group) is 1. The fourth-order valence-electron chi connectivity index (χ4n) is 1.32. The molecule has 72 valence electrons. The van der Waals surface area contributed by atoms with E-state index in [4.69, 9.17) is 5.73 Å². The summed E-state index contributed by atoms with van der Waals surface area (Å²) in [5.41, 5.74) is 6.77. The molecule has 13 heavy (non-hydrogen) atoms. The Balaban J connectivity index is 2.41. The highest BCUT2D eigenvalue weighted by Gasteiger charge is 2.02. The van der Waals surface area contributed by atoms with Crippen LogP contribution in [0.1, 0.15) is 12.6 Å². The minimum Gasteiger partial charge on any atom is -0.327 e. The summed E-state index contributed by atoms with van der Waals surface area (Å²) < 4.78 is 0. The number of nitrogens with two attached hydrogens (primary N) is 1. The molecule has 0 saturated carbocycles. The van der Waals surface area contributed by atoms with Gasteiger partial charge >= 0.3 is 0 Å². The van der Waals surface area contributed by atoms with Gasteiger partial charge in [0.1, 0.15) is 0 Å². The van der Waals surface area contributed by atoms with Gasteiger partial charge < -0.3 is 5.73 Å². The quantitative estimate of drug-likeness (QED) is 0.745. The van der Waals surface area contributed by atoms with E-state index in [0.717, 1.165) is 18.8 Å². The minimum atomic E-state index is 0.216. The van der Waals surface area contributed by atoms with Crippen molar-refractivity contribution >= 4 is 0 Å². The van der Waals surface area contributed by atoms with Crippen molar-refractivity contribution in [2.45, 2.75) is 19.5 Å². The summed E-state index contributed by atoms with van der Waals surface area (Å²) in [6, 6.07) is 6.17. The molecule has 0 bridgehead atoms. The Bertz CT molecular complexity index is 233. The Kier molecular flexibility index (Phi) is 3.86. The molecule has 0 radical (unpaired) electrons. The molecule has 0 spiro atoms. The molecule has 2 N–H and O–H groups in total. The van der Waals surface area contributed by atoms with Gasteiger partial charge in [-0.3, -0.25) is 9.88 Å². The van der Waals surface area contributed by atoms with Crippen LogP contribution in [0.25, 0.3) is 0 Å². The van der Waals surface area contributed by atoms with Crippen LogP contribution >= 0.6 is 0 Å². The van der Waals surface area contributed by atoms with Gasteiger partial charge in [0.2, 0.25) is 0 Å². The van der Waals surface area contributed by atoms with Gasteiger partial charge in [-0.1, -0.05) is 6.07 Å². The molecule has 0 fully saturated rings. The molecule has 1 unspecified atom stereocenters. The van der Waals surface area contributed by atoms with Crippen molar-refractivity contribution in [2.75, 3.05) is 13.6 Å². The third-order valence-corrected chi connectivity index (χ3v) is 1.76. The van der Waals surface area contributed by atoms with Crippen molar-refractivity contribution in [3.8, 4) is 0 Å². The van der Waals surface area contributed by atoms with Crippen LogP contribution < -0.4 is 5.73 Å². The van der Waals surface area contributed by atoms with Crippen molar-refractivity contribution in [3.63, 3.8) is 0 Å². The lowest BCUT2D eigenvalue weighted by atomic mass is 10.3. The lowest BCUT2D eigenvalue weighted by Crippen LogP contribution is -2.32. The molecule has 0 aliphatic rings. The van der Waals surface area contributed by atoms with Crippen LogP contribution in [0.4, 0.5) is 0 Å². The molecule has 0 amide bonds. The molecule has 1 atom stereocenters. The Morgan fingerprint density at radius 3 is 2.85 bits per heavy atom. The highest BCUT2D eigenvalue weighted by Crippen LogP contribution is 1.98. The monoisotopic (exact) mass is 179 g/mol. The first-order valence-electron chi connectivity index (χ1n) is 4.52. The summed E-state index contributed by atoms with van der Waals surface area (Å²) in [6.45, 7) is 3.77. The standard InChI is InChI=1S/C10H17N3/c1-9(11)7-13(2)8-10-5-3-4-6-12-10/h3-6,9H,7-8,11H2,1-2H3. The second kappa shape index (κ2) is 4.94. The van der Waals surface area contributed by atoms with Gasteiger partial charge in [0, 0.05) is 25.3 Å². The third kappa shape index (κ3) is 4.01. The van der Waals surface area contributed by atoms with Crippen molar-refractivity contribution in [1.82, 2.24) is 9.88 Å². The molecule has 0 saturated heterocycles. The van der Waals surface area contributed by atoms with Crippen molar-refractivity contribution in [3.05, 3.63) is 30.1 Å². The number of aromatic nitrogens is 1. The van der Waals surface area contributed by atoms with Crippen LogP contribution in [0, 0.1) is 0 Å². The first-order valence-corrected chi connectivity index (χ1v) is 4.52. The van der Waals surface area contributed by atoms with E-state index in [2.05, 4.69) is 16.9 Å². The summed E-state index contributed by atoms with van der Waals surface area (Å²) in [7, 11) is 2.05. The van der Waals surface area contributed by atoms with Crippen molar-refractivity contribution in [2.24, 2.45) is 5.73 Å². The van der Waals surface area contributed by atoms with Gasteiger partial charge in [-0.05, 0) is 26.1 Å². The summed E-state index contributed by atoms with van der Waals surface area (Å²) in [5.74, 6) is 0. The van der Waals surface area contributed by atoms with Crippen LogP contribution in [0.5, 0.6) is 0 Å². The maximum atomic E-state index is 5.68. The molecule has 0 aromatic carbocycles. The van der Waals surface area contributed by atoms with Gasteiger partial charge in [0.15, 0.2) is 0 Å². The van der Waals surface area contributed by atoms with Crippen LogP contribution in [-0.2, 0) is 6.54 Å². The lowest BCUT2D eigenvalue weighted by Gasteiger charge is -2.17. The van der Waals surface area contributed by atoms with E-state index >= 15 is 0 Å². The maximum Gasteiger partial charge on any atom is 0.0543 e. The molecular formula is C10H17N3. The molecule has 1 rings (SSSR count). The Labute approximate surface area is 79.6 Å². The second-order valence-corrected chi connectivity index (χ2v) is 3.50. The largest absolute Gasteiger partial charge is 0.327 e. The Morgan fingerprint density at radius 1 is 1.54 bits per heavy atom. The number of hydrogen-bond donors (Lipinski definition) is 1. The van der Waals surface area contributed by atoms with Crippen LogP contribution in [-0.4, -0.2) is 29.5 Å². The number of hydrogen-bond acceptors (Lipinski definition) is 3. The average Bonchev–Trinajstić information content (AvgIpc) is 2.04. The van der Waals surface area contributed by atoms with Crippen LogP contribution in [0.2, 0.25) is 0 Å². The molecule has 1 aromatic heterocycles. The second-order valence-electron chi connectivity index (χ2n) is 3.50. The predicted octanol–water partition coefficient (Wildman–Crippen LogP) is 0.861. The normalized spacial score (nSPS) is 13.2. The SMILES string of the molecule is CC(N)CN(C)Cc1ccccn1. The Morgan fingerprint density at radius 2 is 2.31 bits per heavy atom. The van der Waals surface area contributed by atoms with Gasteiger partial charge in [-0.2, -0.15) is 0 Å². The van der Waals surface area contributed by atoms with Crippen molar-refractivity contribution < 1.29 is 0 Å². The number of pyridine rings is 1. The Hall–Kier alpha value is -0.930. The van der Waals surface area contributed by atoms with Gasteiger partial charge in [-0.15, -0.1) is 0 Å². The van der Waals surface area contributed by atoms with Gasteiger partial charge in [0.25, 0.3) is 0 Å². The van der Waals surface area contributed by atoms with Crippen LogP contribution in [0.3, 0.4) is 0 Å². The van der Waals surface area contributed by atoms with Crippen LogP contribution in [0.15, 0.2) is 24.4 Å². The first-order chi connectivity index (χ1) is 6.18. The van der Waals surface area contributed by atoms with Gasteiger partial charge in [0.05, 0.1) is 5.69 Å². The van der Waals surface area contributed by atoms with Gasteiger partial charge in [-0.25, -0.2) is 0 Å². The molecule has 3 heteroatoms. The fraction of sp³-hybridized carbons (Fsp3) is 0.500. The summed E-state index contributed by atoms with van der Waals surface area (Å²) in [4.78, 5) is 6.42. The molecule has 1 aromatic rings. The fourth-order valence-corrected chi connectivity index (χ4v) is 1.32.